The summed E-state index contributed by atoms with van der Waals surface area (Å²) in [6.45, 7) is 6.01. The molecule has 1 saturated heterocycles. The Morgan fingerprint density at radius 2 is 2.26 bits per heavy atom. The second-order valence-corrected chi connectivity index (χ2v) is 4.97. The number of carbonyl (C=O) groups excluding carboxylic acids is 1. The molecule has 5 heteroatoms. The first-order valence-corrected chi connectivity index (χ1v) is 6.92. The van der Waals surface area contributed by atoms with Gasteiger partial charge in [0.15, 0.2) is 0 Å². The topological polar surface area (TPSA) is 71.2 Å². The lowest BCUT2D eigenvalue weighted by atomic mass is 9.97. The second kappa shape index (κ2) is 6.52. The van der Waals surface area contributed by atoms with Crippen molar-refractivity contribution >= 4 is 11.7 Å². The molecule has 0 atom stereocenters. The third kappa shape index (κ3) is 3.44. The van der Waals surface area contributed by atoms with Crippen LogP contribution >= 0.6 is 0 Å². The highest BCUT2D eigenvalue weighted by molar-refractivity contribution is 5.97. The number of carbonyl (C=O) groups is 1. The Morgan fingerprint density at radius 1 is 1.53 bits per heavy atom. The average molecular weight is 262 g/mol. The number of piperidine rings is 1. The summed E-state index contributed by atoms with van der Waals surface area (Å²) in [5.74, 6) is 0.965. The van der Waals surface area contributed by atoms with Crippen molar-refractivity contribution in [2.75, 3.05) is 31.1 Å². The maximum atomic E-state index is 11.5. The average Bonchev–Trinajstić information content (AvgIpc) is 2.46. The van der Waals surface area contributed by atoms with Crippen LogP contribution in [0.5, 0.6) is 0 Å². The van der Waals surface area contributed by atoms with Crippen LogP contribution < -0.4 is 16.0 Å². The van der Waals surface area contributed by atoms with Crippen LogP contribution in [0.2, 0.25) is 0 Å². The van der Waals surface area contributed by atoms with Gasteiger partial charge < -0.3 is 16.0 Å². The lowest BCUT2D eigenvalue weighted by Gasteiger charge is -2.30. The summed E-state index contributed by atoms with van der Waals surface area (Å²) in [5, 5.41) is 3.37. The lowest BCUT2D eigenvalue weighted by Crippen LogP contribution is -2.37. The molecule has 1 amide bonds. The monoisotopic (exact) mass is 262 g/mol. The van der Waals surface area contributed by atoms with Crippen LogP contribution in [0.3, 0.4) is 0 Å². The first kappa shape index (κ1) is 13.8. The van der Waals surface area contributed by atoms with Crippen LogP contribution in [-0.4, -0.2) is 37.1 Å². The van der Waals surface area contributed by atoms with Gasteiger partial charge in [-0.25, -0.2) is 4.98 Å². The van der Waals surface area contributed by atoms with Gasteiger partial charge in [-0.2, -0.15) is 0 Å². The van der Waals surface area contributed by atoms with Crippen molar-refractivity contribution in [1.29, 1.82) is 0 Å². The number of nitrogens with two attached hydrogens (primary N) is 1. The summed E-state index contributed by atoms with van der Waals surface area (Å²) in [5.41, 5.74) is 5.94. The number of nitrogens with one attached hydrogen (secondary N) is 1. The molecule has 104 valence electrons. The Labute approximate surface area is 114 Å². The van der Waals surface area contributed by atoms with E-state index in [0.29, 0.717) is 11.5 Å². The van der Waals surface area contributed by atoms with Gasteiger partial charge in [0.1, 0.15) is 5.82 Å². The molecule has 1 aromatic heterocycles. The molecular formula is C14H22N4O. The quantitative estimate of drug-likeness (QED) is 0.830. The molecule has 1 fully saturated rings. The predicted octanol–water partition coefficient (Wildman–Crippen LogP) is 1.01. The van der Waals surface area contributed by atoms with Gasteiger partial charge in [-0.3, -0.25) is 4.79 Å². The minimum atomic E-state index is -0.410. The maximum Gasteiger partial charge on any atom is 0.252 e. The summed E-state index contributed by atoms with van der Waals surface area (Å²) in [4.78, 5) is 18.0. The smallest absolute Gasteiger partial charge is 0.252 e. The molecule has 0 spiro atoms. The number of rotatable bonds is 5. The Hall–Kier alpha value is -1.62. The SMILES string of the molecule is CCN(CC1CCNCC1)c1ncccc1C(N)=O. The van der Waals surface area contributed by atoms with E-state index in [1.165, 1.54) is 12.8 Å². The van der Waals surface area contributed by atoms with Crippen LogP contribution in [0.15, 0.2) is 18.3 Å². The molecule has 0 aliphatic carbocycles. The molecule has 0 saturated carbocycles. The summed E-state index contributed by atoms with van der Waals surface area (Å²) in [7, 11) is 0. The van der Waals surface area contributed by atoms with Gasteiger partial charge in [-0.15, -0.1) is 0 Å². The molecule has 19 heavy (non-hydrogen) atoms. The number of nitrogens with zero attached hydrogens (tertiary/aromatic N) is 2. The fraction of sp³-hybridized carbons (Fsp3) is 0.571. The zero-order valence-corrected chi connectivity index (χ0v) is 11.4. The Bertz CT molecular complexity index is 429. The van der Waals surface area contributed by atoms with E-state index < -0.39 is 5.91 Å². The van der Waals surface area contributed by atoms with Crippen molar-refractivity contribution in [2.24, 2.45) is 11.7 Å². The Morgan fingerprint density at radius 3 is 2.89 bits per heavy atom. The van der Waals surface area contributed by atoms with Gasteiger partial charge in [0.25, 0.3) is 5.91 Å². The van der Waals surface area contributed by atoms with E-state index in [0.717, 1.165) is 32.0 Å². The largest absolute Gasteiger partial charge is 0.365 e. The third-order valence-electron chi connectivity index (χ3n) is 3.67. The number of pyridine rings is 1. The fourth-order valence-corrected chi connectivity index (χ4v) is 2.58. The molecule has 5 nitrogen and oxygen atoms in total. The van der Waals surface area contributed by atoms with Crippen molar-refractivity contribution in [3.8, 4) is 0 Å². The Balaban J connectivity index is 2.14. The van der Waals surface area contributed by atoms with E-state index in [4.69, 9.17) is 5.73 Å². The van der Waals surface area contributed by atoms with E-state index in [2.05, 4.69) is 22.1 Å². The number of amides is 1. The summed E-state index contributed by atoms with van der Waals surface area (Å²) >= 11 is 0. The Kier molecular flexibility index (Phi) is 4.74. The van der Waals surface area contributed by atoms with E-state index in [1.807, 2.05) is 0 Å². The highest BCUT2D eigenvalue weighted by atomic mass is 16.1. The molecule has 1 aromatic rings. The first-order chi connectivity index (χ1) is 9.22. The van der Waals surface area contributed by atoms with E-state index in [9.17, 15) is 4.79 Å². The van der Waals surface area contributed by atoms with Crippen molar-refractivity contribution in [3.05, 3.63) is 23.9 Å². The standard InChI is InChI=1S/C14H22N4O/c1-2-18(10-11-5-8-16-9-6-11)14-12(13(15)19)4-3-7-17-14/h3-4,7,11,16H,2,5-6,8-10H2,1H3,(H2,15,19). The highest BCUT2D eigenvalue weighted by Crippen LogP contribution is 2.21. The van der Waals surface area contributed by atoms with Gasteiger partial charge in [0.05, 0.1) is 5.56 Å². The second-order valence-electron chi connectivity index (χ2n) is 4.97. The summed E-state index contributed by atoms with van der Waals surface area (Å²) in [6, 6.07) is 3.50. The fourth-order valence-electron chi connectivity index (χ4n) is 2.58. The van der Waals surface area contributed by atoms with E-state index in [1.54, 1.807) is 18.3 Å². The molecule has 3 N–H and O–H groups in total. The number of hydrogen-bond acceptors (Lipinski definition) is 4. The van der Waals surface area contributed by atoms with Crippen molar-refractivity contribution in [2.45, 2.75) is 19.8 Å². The van der Waals surface area contributed by atoms with Gasteiger partial charge >= 0.3 is 0 Å². The van der Waals surface area contributed by atoms with Gasteiger partial charge in [-0.1, -0.05) is 0 Å². The van der Waals surface area contributed by atoms with Crippen molar-refractivity contribution in [3.63, 3.8) is 0 Å². The molecule has 1 aliphatic heterocycles. The molecule has 0 bridgehead atoms. The number of primary amides is 1. The van der Waals surface area contributed by atoms with Crippen LogP contribution in [0.1, 0.15) is 30.1 Å². The van der Waals surface area contributed by atoms with Crippen LogP contribution in [-0.2, 0) is 0 Å². The third-order valence-corrected chi connectivity index (χ3v) is 3.67. The minimum absolute atomic E-state index is 0.410. The van der Waals surface area contributed by atoms with Gasteiger partial charge in [0.2, 0.25) is 0 Å². The summed E-state index contributed by atoms with van der Waals surface area (Å²) in [6.07, 6.45) is 4.07. The number of hydrogen-bond donors (Lipinski definition) is 2. The zero-order valence-electron chi connectivity index (χ0n) is 11.4. The van der Waals surface area contributed by atoms with Crippen LogP contribution in [0, 0.1) is 5.92 Å². The molecule has 0 aromatic carbocycles. The van der Waals surface area contributed by atoms with Crippen LogP contribution in [0.4, 0.5) is 5.82 Å². The molecule has 2 rings (SSSR count). The van der Waals surface area contributed by atoms with Crippen molar-refractivity contribution in [1.82, 2.24) is 10.3 Å². The molecular weight excluding hydrogens is 240 g/mol. The molecule has 0 radical (unpaired) electrons. The lowest BCUT2D eigenvalue weighted by molar-refractivity contribution is 0.100. The van der Waals surface area contributed by atoms with E-state index >= 15 is 0 Å². The summed E-state index contributed by atoms with van der Waals surface area (Å²) < 4.78 is 0. The normalized spacial score (nSPS) is 16.3. The highest BCUT2D eigenvalue weighted by Gasteiger charge is 2.20. The van der Waals surface area contributed by atoms with Crippen LogP contribution in [0.25, 0.3) is 0 Å². The molecule has 0 unspecified atom stereocenters. The van der Waals surface area contributed by atoms with E-state index in [-0.39, 0.29) is 0 Å². The zero-order chi connectivity index (χ0) is 13.7. The molecule has 1 aliphatic rings. The predicted molar refractivity (Wildman–Crippen MR) is 76.2 cm³/mol. The van der Waals surface area contributed by atoms with Gasteiger partial charge in [-0.05, 0) is 50.9 Å². The minimum Gasteiger partial charge on any atom is -0.365 e. The van der Waals surface area contributed by atoms with Gasteiger partial charge in [0, 0.05) is 19.3 Å². The first-order valence-electron chi connectivity index (χ1n) is 6.92. The number of anilines is 1. The molecule has 2 heterocycles. The maximum absolute atomic E-state index is 11.5. The number of aromatic nitrogens is 1. The van der Waals surface area contributed by atoms with Crippen molar-refractivity contribution < 1.29 is 4.79 Å².